The minimum atomic E-state index is -1.14. The lowest BCUT2D eigenvalue weighted by Gasteiger charge is -2.38. The lowest BCUT2D eigenvalue weighted by molar-refractivity contribution is -0.143. The number of nitrogens with one attached hydrogen (secondary N) is 1. The number of carbonyl (C=O) groups excluding carboxylic acids is 3. The van der Waals surface area contributed by atoms with E-state index in [0.717, 1.165) is 11.3 Å². The summed E-state index contributed by atoms with van der Waals surface area (Å²) >= 11 is 0. The lowest BCUT2D eigenvalue weighted by atomic mass is 9.79. The summed E-state index contributed by atoms with van der Waals surface area (Å²) in [6, 6.07) is 8.66. The van der Waals surface area contributed by atoms with Gasteiger partial charge in [-0.1, -0.05) is 30.3 Å². The number of fused-ring (bicyclic) bond motifs is 1. The monoisotopic (exact) mass is 465 g/mol. The van der Waals surface area contributed by atoms with Crippen LogP contribution in [0, 0.1) is 5.41 Å². The number of ether oxygens (including phenoxy) is 1. The predicted molar refractivity (Wildman–Crippen MR) is 123 cm³/mol. The second-order valence-corrected chi connectivity index (χ2v) is 8.97. The molecule has 0 spiro atoms. The summed E-state index contributed by atoms with van der Waals surface area (Å²) in [5.74, 6) is -0.881. The molecule has 2 aliphatic heterocycles. The molecule has 3 rings (SSSR count). The van der Waals surface area contributed by atoms with E-state index in [0.29, 0.717) is 19.6 Å². The summed E-state index contributed by atoms with van der Waals surface area (Å²) in [5.41, 5.74) is 5.67. The van der Waals surface area contributed by atoms with Crippen molar-refractivity contribution in [2.45, 2.75) is 45.4 Å². The van der Waals surface area contributed by atoms with Gasteiger partial charge < -0.3 is 20.7 Å². The molecule has 0 radical (unpaired) electrons. The van der Waals surface area contributed by atoms with E-state index >= 15 is 0 Å². The maximum Gasteiger partial charge on any atom is 0.255 e. The van der Waals surface area contributed by atoms with Crippen molar-refractivity contribution in [3.8, 4) is 0 Å². The molecule has 1 aromatic rings. The quantitative estimate of drug-likeness (QED) is 0.620. The van der Waals surface area contributed by atoms with Crippen molar-refractivity contribution in [3.05, 3.63) is 35.9 Å². The largest absolute Gasteiger partial charge is 0.374 e. The Kier molecular flexibility index (Phi) is 8.03. The maximum absolute atomic E-state index is 13.3. The van der Waals surface area contributed by atoms with Crippen LogP contribution in [0.2, 0.25) is 0 Å². The number of hydrogen-bond donors (Lipinski definition) is 2. The SMILES string of the molecule is CN1N=C2CCN(C(=O)C(COCc3ccccc3)NC(=O)C(C)(C)N)C[C@]2(C)C1=O.Cl. The summed E-state index contributed by atoms with van der Waals surface area (Å²) in [7, 11) is 1.62. The highest BCUT2D eigenvalue weighted by Crippen LogP contribution is 2.34. The van der Waals surface area contributed by atoms with Crippen LogP contribution in [0.4, 0.5) is 0 Å². The third kappa shape index (κ3) is 5.46. The zero-order chi connectivity index (χ0) is 22.8. The summed E-state index contributed by atoms with van der Waals surface area (Å²) in [4.78, 5) is 40.0. The van der Waals surface area contributed by atoms with Crippen molar-refractivity contribution in [2.75, 3.05) is 26.7 Å². The third-order valence-corrected chi connectivity index (χ3v) is 5.70. The highest BCUT2D eigenvalue weighted by Gasteiger charge is 2.50. The fraction of sp³-hybridized carbons (Fsp3) is 0.545. The van der Waals surface area contributed by atoms with E-state index < -0.39 is 22.9 Å². The van der Waals surface area contributed by atoms with Gasteiger partial charge in [-0.05, 0) is 26.3 Å². The van der Waals surface area contributed by atoms with E-state index in [1.807, 2.05) is 30.3 Å². The Labute approximate surface area is 194 Å². The number of nitrogens with two attached hydrogens (primary N) is 1. The Bertz CT molecular complexity index is 886. The third-order valence-electron chi connectivity index (χ3n) is 5.70. The highest BCUT2D eigenvalue weighted by molar-refractivity contribution is 6.13. The van der Waals surface area contributed by atoms with Crippen LogP contribution in [0.5, 0.6) is 0 Å². The highest BCUT2D eigenvalue weighted by atomic mass is 35.5. The van der Waals surface area contributed by atoms with Gasteiger partial charge in [0, 0.05) is 26.6 Å². The van der Waals surface area contributed by atoms with Gasteiger partial charge in [0.05, 0.1) is 24.5 Å². The summed E-state index contributed by atoms with van der Waals surface area (Å²) < 4.78 is 5.76. The average Bonchev–Trinajstić information content (AvgIpc) is 2.95. The molecule has 176 valence electrons. The second kappa shape index (κ2) is 9.97. The number of benzene rings is 1. The Morgan fingerprint density at radius 3 is 2.59 bits per heavy atom. The first-order chi connectivity index (χ1) is 14.5. The molecule has 2 atom stereocenters. The van der Waals surface area contributed by atoms with E-state index in [1.165, 1.54) is 5.01 Å². The molecular formula is C22H32ClN5O4. The number of likely N-dealkylation sites (tertiary alicyclic amines) is 1. The minimum Gasteiger partial charge on any atom is -0.374 e. The van der Waals surface area contributed by atoms with Gasteiger partial charge in [-0.15, -0.1) is 12.4 Å². The number of carbonyl (C=O) groups is 3. The van der Waals surface area contributed by atoms with Gasteiger partial charge in [-0.25, -0.2) is 5.01 Å². The molecule has 0 saturated carbocycles. The number of piperidine rings is 1. The molecule has 1 saturated heterocycles. The van der Waals surface area contributed by atoms with Crippen molar-refractivity contribution in [2.24, 2.45) is 16.3 Å². The van der Waals surface area contributed by atoms with E-state index in [1.54, 1.807) is 32.7 Å². The zero-order valence-corrected chi connectivity index (χ0v) is 19.8. The lowest BCUT2D eigenvalue weighted by Crippen LogP contribution is -2.60. The molecule has 3 amide bonds. The molecule has 3 N–H and O–H groups in total. The van der Waals surface area contributed by atoms with Gasteiger partial charge in [-0.3, -0.25) is 14.4 Å². The fourth-order valence-electron chi connectivity index (χ4n) is 3.80. The van der Waals surface area contributed by atoms with Crippen LogP contribution in [0.3, 0.4) is 0 Å². The van der Waals surface area contributed by atoms with Gasteiger partial charge >= 0.3 is 0 Å². The normalized spacial score (nSPS) is 21.4. The van der Waals surface area contributed by atoms with Crippen LogP contribution >= 0.6 is 12.4 Å². The molecule has 2 heterocycles. The number of halogens is 1. The van der Waals surface area contributed by atoms with Crippen molar-refractivity contribution < 1.29 is 19.1 Å². The first-order valence-electron chi connectivity index (χ1n) is 10.4. The Balaban J connectivity index is 0.00000363. The minimum absolute atomic E-state index is 0. The van der Waals surface area contributed by atoms with Gasteiger partial charge in [0.25, 0.3) is 5.91 Å². The molecule has 0 aliphatic carbocycles. The van der Waals surface area contributed by atoms with Crippen LogP contribution in [-0.4, -0.2) is 71.7 Å². The first kappa shape index (κ1) is 25.8. The van der Waals surface area contributed by atoms with Crippen LogP contribution < -0.4 is 11.1 Å². The summed E-state index contributed by atoms with van der Waals surface area (Å²) in [6.45, 7) is 5.90. The van der Waals surface area contributed by atoms with Crippen LogP contribution in [0.25, 0.3) is 0 Å². The number of hydrogen-bond acceptors (Lipinski definition) is 6. The van der Waals surface area contributed by atoms with Gasteiger partial charge in [0.15, 0.2) is 0 Å². The molecular weight excluding hydrogens is 434 g/mol. The molecule has 1 unspecified atom stereocenters. The zero-order valence-electron chi connectivity index (χ0n) is 19.0. The molecule has 10 heteroatoms. The standard InChI is InChI=1S/C22H31N5O4.ClH/c1-21(2,23)19(29)24-16(13-31-12-15-8-6-5-7-9-15)18(28)27-11-10-17-22(3,14-27)20(30)26(4)25-17;/h5-9,16H,10-14,23H2,1-4H3,(H,24,29);1H/t16?,22-;/m0./s1. The van der Waals surface area contributed by atoms with E-state index in [9.17, 15) is 14.4 Å². The maximum atomic E-state index is 13.3. The van der Waals surface area contributed by atoms with Crippen LogP contribution in [0.15, 0.2) is 35.4 Å². The number of hydrazone groups is 1. The number of nitrogens with zero attached hydrogens (tertiary/aromatic N) is 3. The average molecular weight is 466 g/mol. The molecule has 0 bridgehead atoms. The molecule has 0 aromatic heterocycles. The van der Waals surface area contributed by atoms with Crippen molar-refractivity contribution >= 4 is 35.8 Å². The van der Waals surface area contributed by atoms with Gasteiger partial charge in [0.1, 0.15) is 11.5 Å². The topological polar surface area (TPSA) is 117 Å². The molecule has 9 nitrogen and oxygen atoms in total. The van der Waals surface area contributed by atoms with Crippen LogP contribution in [0.1, 0.15) is 32.8 Å². The molecule has 1 fully saturated rings. The Morgan fingerprint density at radius 1 is 1.31 bits per heavy atom. The first-order valence-corrected chi connectivity index (χ1v) is 10.4. The fourth-order valence-corrected chi connectivity index (χ4v) is 3.80. The Morgan fingerprint density at radius 2 is 1.97 bits per heavy atom. The summed E-state index contributed by atoms with van der Waals surface area (Å²) in [5, 5.41) is 8.38. The second-order valence-electron chi connectivity index (χ2n) is 8.97. The Hall–Kier alpha value is -2.49. The predicted octanol–water partition coefficient (Wildman–Crippen LogP) is 0.914. The number of rotatable bonds is 7. The van der Waals surface area contributed by atoms with Crippen molar-refractivity contribution in [3.63, 3.8) is 0 Å². The van der Waals surface area contributed by atoms with E-state index in [-0.39, 0.29) is 37.4 Å². The van der Waals surface area contributed by atoms with Crippen LogP contribution in [-0.2, 0) is 25.7 Å². The smallest absolute Gasteiger partial charge is 0.255 e. The van der Waals surface area contributed by atoms with Gasteiger partial charge in [-0.2, -0.15) is 5.10 Å². The van der Waals surface area contributed by atoms with Gasteiger partial charge in [0.2, 0.25) is 11.8 Å². The molecule has 32 heavy (non-hydrogen) atoms. The molecule has 2 aliphatic rings. The van der Waals surface area contributed by atoms with E-state index in [2.05, 4.69) is 10.4 Å². The number of amides is 3. The molecule has 1 aromatic carbocycles. The van der Waals surface area contributed by atoms with Crippen molar-refractivity contribution in [1.82, 2.24) is 15.2 Å². The summed E-state index contributed by atoms with van der Waals surface area (Å²) in [6.07, 6.45) is 0.506. The van der Waals surface area contributed by atoms with Crippen molar-refractivity contribution in [1.29, 1.82) is 0 Å². The van der Waals surface area contributed by atoms with E-state index in [4.69, 9.17) is 10.5 Å².